The lowest BCUT2D eigenvalue weighted by atomic mass is 10.1. The number of aryl methyl sites for hydroxylation is 1. The van der Waals surface area contributed by atoms with Crippen LogP contribution in [-0.2, 0) is 6.42 Å². The minimum absolute atomic E-state index is 0.299. The second-order valence-electron chi connectivity index (χ2n) is 6.41. The molecule has 0 aliphatic rings. The van der Waals surface area contributed by atoms with Gasteiger partial charge >= 0.3 is 0 Å². The lowest BCUT2D eigenvalue weighted by molar-refractivity contribution is 0.368. The monoisotopic (exact) mass is 363 g/mol. The number of aliphatic imine (C=N–C) groups is 1. The van der Waals surface area contributed by atoms with Crippen LogP contribution in [0.25, 0.3) is 0 Å². The zero-order chi connectivity index (χ0) is 18.1. The highest BCUT2D eigenvalue weighted by Gasteiger charge is 2.09. The molecule has 0 saturated carbocycles. The minimum atomic E-state index is 0.299. The van der Waals surface area contributed by atoms with Crippen molar-refractivity contribution in [3.05, 3.63) is 34.1 Å². The molecule has 0 spiro atoms. The van der Waals surface area contributed by atoms with E-state index in [0.717, 1.165) is 44.3 Å². The zero-order valence-electron chi connectivity index (χ0n) is 15.6. The quantitative estimate of drug-likeness (QED) is 0.405. The van der Waals surface area contributed by atoms with Gasteiger partial charge in [-0.3, -0.25) is 4.99 Å². The van der Waals surface area contributed by atoms with Crippen molar-refractivity contribution in [3.63, 3.8) is 0 Å². The van der Waals surface area contributed by atoms with Crippen molar-refractivity contribution in [1.82, 2.24) is 20.8 Å². The smallest absolute Gasteiger partial charge is 0.226 e. The van der Waals surface area contributed by atoms with Crippen molar-refractivity contribution in [2.24, 2.45) is 4.99 Å². The van der Waals surface area contributed by atoms with Gasteiger partial charge in [-0.2, -0.15) is 16.3 Å². The van der Waals surface area contributed by atoms with Crippen LogP contribution >= 0.6 is 11.3 Å². The van der Waals surface area contributed by atoms with Gasteiger partial charge in [0.2, 0.25) is 5.89 Å². The van der Waals surface area contributed by atoms with Crippen molar-refractivity contribution in [1.29, 1.82) is 0 Å². The first-order chi connectivity index (χ1) is 12.1. The molecule has 0 aliphatic heterocycles. The Hall–Kier alpha value is -1.89. The van der Waals surface area contributed by atoms with E-state index in [1.165, 1.54) is 5.56 Å². The highest BCUT2D eigenvalue weighted by atomic mass is 32.1. The summed E-state index contributed by atoms with van der Waals surface area (Å²) < 4.78 is 5.27. The van der Waals surface area contributed by atoms with Gasteiger partial charge in [-0.25, -0.2) is 0 Å². The topological polar surface area (TPSA) is 75.3 Å². The first-order valence-corrected chi connectivity index (χ1v) is 9.91. The van der Waals surface area contributed by atoms with Gasteiger partial charge in [-0.1, -0.05) is 25.9 Å². The maximum atomic E-state index is 5.27. The molecule has 0 fully saturated rings. The van der Waals surface area contributed by atoms with Crippen molar-refractivity contribution in [2.45, 2.75) is 52.4 Å². The fourth-order valence-corrected chi connectivity index (χ4v) is 3.06. The second-order valence-corrected chi connectivity index (χ2v) is 7.19. The molecule has 0 aromatic carbocycles. The average molecular weight is 364 g/mol. The van der Waals surface area contributed by atoms with Crippen molar-refractivity contribution >= 4 is 17.3 Å². The normalized spacial score (nSPS) is 13.2. The van der Waals surface area contributed by atoms with Crippen LogP contribution in [0.1, 0.15) is 63.2 Å². The first-order valence-electron chi connectivity index (χ1n) is 8.96. The molecular weight excluding hydrogens is 334 g/mol. The summed E-state index contributed by atoms with van der Waals surface area (Å²) in [6.45, 7) is 10.8. The number of hydrogen-bond acceptors (Lipinski definition) is 5. The Morgan fingerprint density at radius 1 is 1.32 bits per heavy atom. The molecule has 1 atom stereocenters. The molecule has 1 unspecified atom stereocenters. The van der Waals surface area contributed by atoms with Crippen molar-refractivity contribution in [2.75, 3.05) is 19.6 Å². The summed E-state index contributed by atoms with van der Waals surface area (Å²) in [5.41, 5.74) is 1.35. The Bertz CT molecular complexity index is 636. The third-order valence-electron chi connectivity index (χ3n) is 3.84. The molecule has 0 bridgehead atoms. The Kier molecular flexibility index (Phi) is 7.91. The predicted octanol–water partition coefficient (Wildman–Crippen LogP) is 3.55. The first kappa shape index (κ1) is 19.4. The number of thiophene rings is 1. The standard InChI is InChI=1S/C18H29N5OS/c1-5-19-18(21-11-14(4)15-8-10-25-12-15)20-9-6-7-16-22-17(13(2)3)23-24-16/h8,10,12-14H,5-7,9,11H2,1-4H3,(H2,19,20,21). The van der Waals surface area contributed by atoms with Crippen LogP contribution < -0.4 is 10.6 Å². The van der Waals surface area contributed by atoms with Crippen LogP contribution in [0.3, 0.4) is 0 Å². The molecule has 25 heavy (non-hydrogen) atoms. The summed E-state index contributed by atoms with van der Waals surface area (Å²) in [6, 6.07) is 2.17. The Labute approximate surface area is 154 Å². The van der Waals surface area contributed by atoms with E-state index in [1.54, 1.807) is 11.3 Å². The molecule has 2 heterocycles. The SMILES string of the molecule is CCNC(=NCC(C)c1ccsc1)NCCCc1nc(C(C)C)no1. The summed E-state index contributed by atoms with van der Waals surface area (Å²) in [5.74, 6) is 3.07. The van der Waals surface area contributed by atoms with Crippen LogP contribution in [0.4, 0.5) is 0 Å². The molecule has 138 valence electrons. The highest BCUT2D eigenvalue weighted by molar-refractivity contribution is 7.07. The van der Waals surface area contributed by atoms with Crippen LogP contribution in [0.2, 0.25) is 0 Å². The van der Waals surface area contributed by atoms with Crippen LogP contribution in [0, 0.1) is 0 Å². The number of guanidine groups is 1. The van der Waals surface area contributed by atoms with E-state index in [2.05, 4.69) is 70.3 Å². The van der Waals surface area contributed by atoms with E-state index in [9.17, 15) is 0 Å². The average Bonchev–Trinajstić information content (AvgIpc) is 3.27. The predicted molar refractivity (Wildman–Crippen MR) is 103 cm³/mol. The summed E-state index contributed by atoms with van der Waals surface area (Å²) in [7, 11) is 0. The van der Waals surface area contributed by atoms with Crippen molar-refractivity contribution < 1.29 is 4.52 Å². The molecule has 7 heteroatoms. The van der Waals surface area contributed by atoms with Gasteiger partial charge in [0.05, 0.1) is 0 Å². The van der Waals surface area contributed by atoms with E-state index in [0.29, 0.717) is 17.7 Å². The van der Waals surface area contributed by atoms with Gasteiger partial charge in [-0.15, -0.1) is 0 Å². The molecule has 2 rings (SSSR count). The third-order valence-corrected chi connectivity index (χ3v) is 4.54. The lowest BCUT2D eigenvalue weighted by Gasteiger charge is -2.12. The van der Waals surface area contributed by atoms with Gasteiger partial charge < -0.3 is 15.2 Å². The van der Waals surface area contributed by atoms with E-state index in [-0.39, 0.29) is 0 Å². The molecule has 2 N–H and O–H groups in total. The molecule has 2 aromatic rings. The molecule has 2 aromatic heterocycles. The fraction of sp³-hybridized carbons (Fsp3) is 0.611. The summed E-state index contributed by atoms with van der Waals surface area (Å²) in [6.07, 6.45) is 1.70. The lowest BCUT2D eigenvalue weighted by Crippen LogP contribution is -2.38. The number of hydrogen-bond donors (Lipinski definition) is 2. The summed E-state index contributed by atoms with van der Waals surface area (Å²) in [5, 5.41) is 15.0. The van der Waals surface area contributed by atoms with Gasteiger partial charge in [0.25, 0.3) is 0 Å². The molecule has 0 radical (unpaired) electrons. The zero-order valence-corrected chi connectivity index (χ0v) is 16.4. The number of nitrogens with zero attached hydrogens (tertiary/aromatic N) is 3. The van der Waals surface area contributed by atoms with E-state index >= 15 is 0 Å². The third kappa shape index (κ3) is 6.49. The maximum absolute atomic E-state index is 5.27. The van der Waals surface area contributed by atoms with Gasteiger partial charge in [-0.05, 0) is 35.7 Å². The van der Waals surface area contributed by atoms with E-state index in [4.69, 9.17) is 4.52 Å². The van der Waals surface area contributed by atoms with Crippen molar-refractivity contribution in [3.8, 4) is 0 Å². The fourth-order valence-electron chi connectivity index (χ4n) is 2.28. The van der Waals surface area contributed by atoms with Gasteiger partial charge in [0, 0.05) is 37.9 Å². The minimum Gasteiger partial charge on any atom is -0.357 e. The highest BCUT2D eigenvalue weighted by Crippen LogP contribution is 2.18. The molecule has 0 saturated heterocycles. The van der Waals surface area contributed by atoms with Crippen LogP contribution in [-0.4, -0.2) is 35.7 Å². The summed E-state index contributed by atoms with van der Waals surface area (Å²) in [4.78, 5) is 9.09. The molecule has 0 aliphatic carbocycles. The molecular formula is C18H29N5OS. The Morgan fingerprint density at radius 3 is 2.80 bits per heavy atom. The summed E-state index contributed by atoms with van der Waals surface area (Å²) >= 11 is 1.73. The van der Waals surface area contributed by atoms with Gasteiger partial charge in [0.15, 0.2) is 11.8 Å². The second kappa shape index (κ2) is 10.2. The Morgan fingerprint density at radius 2 is 2.16 bits per heavy atom. The molecule has 0 amide bonds. The number of rotatable bonds is 9. The molecule has 6 nitrogen and oxygen atoms in total. The largest absolute Gasteiger partial charge is 0.357 e. The van der Waals surface area contributed by atoms with Crippen LogP contribution in [0.15, 0.2) is 26.3 Å². The maximum Gasteiger partial charge on any atom is 0.226 e. The van der Waals surface area contributed by atoms with Crippen LogP contribution in [0.5, 0.6) is 0 Å². The number of aromatic nitrogens is 2. The Balaban J connectivity index is 1.75. The number of nitrogens with one attached hydrogen (secondary N) is 2. The van der Waals surface area contributed by atoms with Gasteiger partial charge in [0.1, 0.15) is 0 Å². The van der Waals surface area contributed by atoms with E-state index < -0.39 is 0 Å². The van der Waals surface area contributed by atoms with E-state index in [1.807, 2.05) is 0 Å².